The van der Waals surface area contributed by atoms with Crippen molar-refractivity contribution in [2.45, 2.75) is 13.2 Å². The molecule has 3 nitrogen and oxygen atoms in total. The lowest BCUT2D eigenvalue weighted by molar-refractivity contribution is -0.0493. The Morgan fingerprint density at radius 1 is 1.10 bits per heavy atom. The molecule has 0 bridgehead atoms. The highest BCUT2D eigenvalue weighted by Gasteiger charge is 2.11. The van der Waals surface area contributed by atoms with E-state index in [9.17, 15) is 17.6 Å². The van der Waals surface area contributed by atoms with Gasteiger partial charge in [-0.25, -0.2) is 8.78 Å². The van der Waals surface area contributed by atoms with E-state index < -0.39 is 24.0 Å². The highest BCUT2D eigenvalue weighted by atomic mass is 19.3. The van der Waals surface area contributed by atoms with Crippen LogP contribution in [-0.2, 0) is 6.54 Å². The Hall–Kier alpha value is -2.44. The van der Waals surface area contributed by atoms with Gasteiger partial charge in [0, 0.05) is 6.54 Å². The summed E-state index contributed by atoms with van der Waals surface area (Å²) >= 11 is 0. The SMILES string of the molecule is Oc1c(F)cc(CNc2ccccc2OC(F)F)cc1F. The highest BCUT2D eigenvalue weighted by molar-refractivity contribution is 5.56. The normalized spacial score (nSPS) is 10.7. The molecule has 0 saturated heterocycles. The Kier molecular flexibility index (Phi) is 4.52. The standard InChI is InChI=1S/C14H11F4NO2/c15-9-5-8(6-10(16)13(9)20)7-19-11-3-1-2-4-12(11)21-14(17)18/h1-6,14,19-20H,7H2. The van der Waals surface area contributed by atoms with Crippen molar-refractivity contribution < 1.29 is 27.4 Å². The maximum Gasteiger partial charge on any atom is 0.387 e. The summed E-state index contributed by atoms with van der Waals surface area (Å²) in [6, 6.07) is 7.84. The topological polar surface area (TPSA) is 41.5 Å². The van der Waals surface area contributed by atoms with Gasteiger partial charge in [-0.2, -0.15) is 8.78 Å². The second kappa shape index (κ2) is 6.34. The molecular formula is C14H11F4NO2. The molecule has 2 aromatic carbocycles. The van der Waals surface area contributed by atoms with E-state index in [1.807, 2.05) is 0 Å². The number of rotatable bonds is 5. The lowest BCUT2D eigenvalue weighted by Crippen LogP contribution is -2.06. The average molecular weight is 301 g/mol. The molecule has 2 N–H and O–H groups in total. The van der Waals surface area contributed by atoms with Crippen LogP contribution in [0.2, 0.25) is 0 Å². The van der Waals surface area contributed by atoms with E-state index >= 15 is 0 Å². The van der Waals surface area contributed by atoms with Crippen molar-refractivity contribution in [1.29, 1.82) is 0 Å². The van der Waals surface area contributed by atoms with Gasteiger partial charge in [0.1, 0.15) is 5.75 Å². The minimum atomic E-state index is -2.98. The van der Waals surface area contributed by atoms with Crippen LogP contribution in [0, 0.1) is 11.6 Å². The Labute approximate surface area is 117 Å². The van der Waals surface area contributed by atoms with Gasteiger partial charge in [0.05, 0.1) is 5.69 Å². The first-order valence-corrected chi connectivity index (χ1v) is 5.92. The van der Waals surface area contributed by atoms with Crippen molar-refractivity contribution in [1.82, 2.24) is 0 Å². The monoisotopic (exact) mass is 301 g/mol. The molecule has 0 aliphatic carbocycles. The molecule has 0 atom stereocenters. The van der Waals surface area contributed by atoms with Crippen molar-refractivity contribution in [3.8, 4) is 11.5 Å². The van der Waals surface area contributed by atoms with Gasteiger partial charge in [-0.1, -0.05) is 12.1 Å². The quantitative estimate of drug-likeness (QED) is 0.823. The lowest BCUT2D eigenvalue weighted by Gasteiger charge is -2.12. The number of hydrogen-bond acceptors (Lipinski definition) is 3. The zero-order valence-corrected chi connectivity index (χ0v) is 10.6. The van der Waals surface area contributed by atoms with Crippen molar-refractivity contribution >= 4 is 5.69 Å². The fourth-order valence-electron chi connectivity index (χ4n) is 1.73. The molecule has 2 rings (SSSR count). The third-order valence-corrected chi connectivity index (χ3v) is 2.66. The second-order valence-electron chi connectivity index (χ2n) is 4.14. The predicted octanol–water partition coefficient (Wildman–Crippen LogP) is 3.88. The fraction of sp³-hybridized carbons (Fsp3) is 0.143. The van der Waals surface area contributed by atoms with Crippen molar-refractivity contribution in [3.05, 3.63) is 53.6 Å². The molecule has 2 aromatic rings. The van der Waals surface area contributed by atoms with E-state index in [0.29, 0.717) is 0 Å². The molecule has 21 heavy (non-hydrogen) atoms. The number of phenolic OH excluding ortho intramolecular Hbond substituents is 1. The zero-order chi connectivity index (χ0) is 15.4. The van der Waals surface area contributed by atoms with E-state index in [2.05, 4.69) is 10.1 Å². The number of hydrogen-bond donors (Lipinski definition) is 2. The van der Waals surface area contributed by atoms with Crippen molar-refractivity contribution in [3.63, 3.8) is 0 Å². The predicted molar refractivity (Wildman–Crippen MR) is 68.4 cm³/mol. The molecule has 0 amide bonds. The van der Waals surface area contributed by atoms with Crippen LogP contribution in [0.15, 0.2) is 36.4 Å². The number of phenols is 1. The summed E-state index contributed by atoms with van der Waals surface area (Å²) in [6.45, 7) is -3.01. The molecule has 112 valence electrons. The van der Waals surface area contributed by atoms with E-state index in [1.165, 1.54) is 18.2 Å². The van der Waals surface area contributed by atoms with E-state index in [-0.39, 0.29) is 23.5 Å². The first-order valence-electron chi connectivity index (χ1n) is 5.92. The van der Waals surface area contributed by atoms with E-state index in [0.717, 1.165) is 12.1 Å². The fourth-order valence-corrected chi connectivity index (χ4v) is 1.73. The molecule has 0 aliphatic rings. The number of nitrogens with one attached hydrogen (secondary N) is 1. The van der Waals surface area contributed by atoms with Gasteiger partial charge in [-0.05, 0) is 29.8 Å². The first-order chi connectivity index (χ1) is 9.97. The maximum absolute atomic E-state index is 13.2. The number of alkyl halides is 2. The molecule has 0 aromatic heterocycles. The summed E-state index contributed by atoms with van der Waals surface area (Å²) in [5.41, 5.74) is 0.460. The average Bonchev–Trinajstić information content (AvgIpc) is 2.43. The smallest absolute Gasteiger partial charge is 0.387 e. The van der Waals surface area contributed by atoms with Gasteiger partial charge in [-0.3, -0.25) is 0 Å². The number of para-hydroxylation sites is 2. The van der Waals surface area contributed by atoms with Crippen molar-refractivity contribution in [2.75, 3.05) is 5.32 Å². The summed E-state index contributed by atoms with van der Waals surface area (Å²) in [6.07, 6.45) is 0. The van der Waals surface area contributed by atoms with Crippen LogP contribution in [0.3, 0.4) is 0 Å². The third kappa shape index (κ3) is 3.77. The number of aromatic hydroxyl groups is 1. The number of benzene rings is 2. The van der Waals surface area contributed by atoms with Crippen molar-refractivity contribution in [2.24, 2.45) is 0 Å². The molecule has 0 radical (unpaired) electrons. The maximum atomic E-state index is 13.2. The molecule has 0 fully saturated rings. The molecule has 0 spiro atoms. The highest BCUT2D eigenvalue weighted by Crippen LogP contribution is 2.27. The van der Waals surface area contributed by atoms with Gasteiger partial charge in [-0.15, -0.1) is 0 Å². The Balaban J connectivity index is 2.13. The van der Waals surface area contributed by atoms with Crippen LogP contribution in [0.5, 0.6) is 11.5 Å². The summed E-state index contributed by atoms with van der Waals surface area (Å²) in [5.74, 6) is -3.32. The summed E-state index contributed by atoms with van der Waals surface area (Å²) in [7, 11) is 0. The second-order valence-corrected chi connectivity index (χ2v) is 4.14. The van der Waals surface area contributed by atoms with Gasteiger partial charge >= 0.3 is 6.61 Å². The molecule has 0 aliphatic heterocycles. The van der Waals surface area contributed by atoms with Crippen LogP contribution in [-0.4, -0.2) is 11.7 Å². The Bertz CT molecular complexity index is 611. The Morgan fingerprint density at radius 3 is 2.33 bits per heavy atom. The van der Waals surface area contributed by atoms with Gasteiger partial charge in [0.15, 0.2) is 17.4 Å². The Morgan fingerprint density at radius 2 is 1.71 bits per heavy atom. The van der Waals surface area contributed by atoms with Gasteiger partial charge in [0.25, 0.3) is 0 Å². The number of ether oxygens (including phenoxy) is 1. The lowest BCUT2D eigenvalue weighted by atomic mass is 10.2. The van der Waals surface area contributed by atoms with Crippen LogP contribution in [0.4, 0.5) is 23.2 Å². The van der Waals surface area contributed by atoms with Gasteiger partial charge in [0.2, 0.25) is 0 Å². The van der Waals surface area contributed by atoms with Crippen LogP contribution >= 0.6 is 0 Å². The van der Waals surface area contributed by atoms with E-state index in [4.69, 9.17) is 5.11 Å². The van der Waals surface area contributed by atoms with E-state index in [1.54, 1.807) is 6.07 Å². The summed E-state index contributed by atoms with van der Waals surface area (Å²) in [5, 5.41) is 11.7. The third-order valence-electron chi connectivity index (χ3n) is 2.66. The number of halogens is 4. The largest absolute Gasteiger partial charge is 0.503 e. The molecule has 7 heteroatoms. The van der Waals surface area contributed by atoms with Crippen LogP contribution in [0.1, 0.15) is 5.56 Å². The van der Waals surface area contributed by atoms with Gasteiger partial charge < -0.3 is 15.2 Å². The zero-order valence-electron chi connectivity index (χ0n) is 10.6. The summed E-state index contributed by atoms with van der Waals surface area (Å²) < 4.78 is 55.1. The first kappa shape index (κ1) is 15.0. The minimum absolute atomic E-state index is 0.0300. The molecule has 0 saturated carbocycles. The molecular weight excluding hydrogens is 290 g/mol. The molecule has 0 unspecified atom stereocenters. The van der Waals surface area contributed by atoms with Crippen LogP contribution in [0.25, 0.3) is 0 Å². The van der Waals surface area contributed by atoms with Crippen LogP contribution < -0.4 is 10.1 Å². The minimum Gasteiger partial charge on any atom is -0.503 e. The summed E-state index contributed by atoms with van der Waals surface area (Å²) in [4.78, 5) is 0. The molecule has 0 heterocycles. The number of anilines is 1.